The Morgan fingerprint density at radius 2 is 1.68 bits per heavy atom. The van der Waals surface area contributed by atoms with E-state index in [0.717, 1.165) is 22.0 Å². The third-order valence-electron chi connectivity index (χ3n) is 4.47. The van der Waals surface area contributed by atoms with E-state index in [2.05, 4.69) is 5.32 Å². The zero-order valence-corrected chi connectivity index (χ0v) is 14.6. The highest BCUT2D eigenvalue weighted by molar-refractivity contribution is 6.04. The van der Waals surface area contributed by atoms with Crippen LogP contribution in [0.25, 0.3) is 10.9 Å². The predicted molar refractivity (Wildman–Crippen MR) is 99.5 cm³/mol. The number of aromatic nitrogens is 1. The summed E-state index contributed by atoms with van der Waals surface area (Å²) < 4.78 is 1.90. The lowest BCUT2D eigenvalue weighted by Crippen LogP contribution is -2.25. The second-order valence-corrected chi connectivity index (χ2v) is 6.12. The van der Waals surface area contributed by atoms with Gasteiger partial charge in [0.1, 0.15) is 0 Å². The summed E-state index contributed by atoms with van der Waals surface area (Å²) in [4.78, 5) is 24.9. The second kappa shape index (κ2) is 7.34. The number of nitrogens with one attached hydrogen (secondary N) is 1. The third-order valence-corrected chi connectivity index (χ3v) is 4.47. The van der Waals surface area contributed by atoms with Gasteiger partial charge in [-0.3, -0.25) is 9.59 Å². The summed E-state index contributed by atoms with van der Waals surface area (Å²) in [6, 6.07) is 17.6. The molecule has 0 saturated carbocycles. The van der Waals surface area contributed by atoms with E-state index in [1.807, 2.05) is 73.1 Å². The van der Waals surface area contributed by atoms with Crippen molar-refractivity contribution in [3.8, 4) is 0 Å². The molecule has 3 rings (SSSR count). The Balaban J connectivity index is 1.87. The summed E-state index contributed by atoms with van der Waals surface area (Å²) in [5.74, 6) is -0.0186. The van der Waals surface area contributed by atoms with E-state index < -0.39 is 0 Å². The minimum Gasteiger partial charge on any atom is -0.352 e. The SMILES string of the molecule is CCC(=O)c1c(CC(=O)NCc2ccccc2)c2ccccc2n1C. The predicted octanol–water partition coefficient (Wildman–Crippen LogP) is 3.63. The van der Waals surface area contributed by atoms with Gasteiger partial charge in [-0.25, -0.2) is 0 Å². The molecule has 0 unspecified atom stereocenters. The van der Waals surface area contributed by atoms with Crippen LogP contribution in [0.5, 0.6) is 0 Å². The average Bonchev–Trinajstić information content (AvgIpc) is 2.92. The van der Waals surface area contributed by atoms with Crippen molar-refractivity contribution in [2.24, 2.45) is 7.05 Å². The fourth-order valence-electron chi connectivity index (χ4n) is 3.19. The highest BCUT2D eigenvalue weighted by Crippen LogP contribution is 2.27. The number of amides is 1. The van der Waals surface area contributed by atoms with Gasteiger partial charge in [-0.1, -0.05) is 55.5 Å². The minimum atomic E-state index is -0.0784. The van der Waals surface area contributed by atoms with E-state index in [1.54, 1.807) is 0 Å². The third kappa shape index (κ3) is 3.48. The summed E-state index contributed by atoms with van der Waals surface area (Å²) in [5, 5.41) is 3.92. The number of rotatable bonds is 6. The van der Waals surface area contributed by atoms with Crippen LogP contribution in [0.3, 0.4) is 0 Å². The van der Waals surface area contributed by atoms with E-state index in [9.17, 15) is 9.59 Å². The van der Waals surface area contributed by atoms with Gasteiger partial charge in [0.15, 0.2) is 5.78 Å². The first-order valence-electron chi connectivity index (χ1n) is 8.52. The molecule has 4 heteroatoms. The molecule has 0 aliphatic rings. The molecule has 2 aromatic carbocycles. The number of carbonyl (C=O) groups excluding carboxylic acids is 2. The highest BCUT2D eigenvalue weighted by atomic mass is 16.1. The normalized spacial score (nSPS) is 10.8. The van der Waals surface area contributed by atoms with Crippen LogP contribution >= 0.6 is 0 Å². The summed E-state index contributed by atoms with van der Waals surface area (Å²) in [7, 11) is 1.89. The molecule has 25 heavy (non-hydrogen) atoms. The number of hydrogen-bond donors (Lipinski definition) is 1. The molecule has 1 aromatic heterocycles. The lowest BCUT2D eigenvalue weighted by Gasteiger charge is -2.08. The van der Waals surface area contributed by atoms with E-state index in [1.165, 1.54) is 0 Å². The van der Waals surface area contributed by atoms with Crippen molar-refractivity contribution in [3.05, 3.63) is 71.4 Å². The van der Waals surface area contributed by atoms with Gasteiger partial charge in [0.2, 0.25) is 5.91 Å². The molecular formula is C21H22N2O2. The highest BCUT2D eigenvalue weighted by Gasteiger charge is 2.21. The topological polar surface area (TPSA) is 51.1 Å². The van der Waals surface area contributed by atoms with Gasteiger partial charge in [0, 0.05) is 30.9 Å². The first-order valence-corrected chi connectivity index (χ1v) is 8.52. The molecule has 1 heterocycles. The quantitative estimate of drug-likeness (QED) is 0.700. The van der Waals surface area contributed by atoms with Gasteiger partial charge in [-0.2, -0.15) is 0 Å². The molecule has 3 aromatic rings. The van der Waals surface area contributed by atoms with Crippen LogP contribution in [0.4, 0.5) is 0 Å². The second-order valence-electron chi connectivity index (χ2n) is 6.12. The number of para-hydroxylation sites is 1. The first-order chi connectivity index (χ1) is 12.1. The molecule has 0 bridgehead atoms. The van der Waals surface area contributed by atoms with Crippen LogP contribution in [0.1, 0.15) is 35.0 Å². The molecule has 0 aliphatic carbocycles. The van der Waals surface area contributed by atoms with E-state index in [-0.39, 0.29) is 18.1 Å². The standard InChI is InChI=1S/C21H22N2O2/c1-3-19(24)21-17(16-11-7-8-12-18(16)23(21)2)13-20(25)22-14-15-9-5-4-6-10-15/h4-12H,3,13-14H2,1-2H3,(H,22,25). The molecule has 0 atom stereocenters. The number of hydrogen-bond acceptors (Lipinski definition) is 2. The van der Waals surface area contributed by atoms with Crippen LogP contribution in [-0.2, 0) is 24.8 Å². The zero-order chi connectivity index (χ0) is 17.8. The maximum Gasteiger partial charge on any atom is 0.224 e. The van der Waals surface area contributed by atoms with Gasteiger partial charge in [-0.15, -0.1) is 0 Å². The largest absolute Gasteiger partial charge is 0.352 e. The van der Waals surface area contributed by atoms with E-state index in [4.69, 9.17) is 0 Å². The van der Waals surface area contributed by atoms with Crippen LogP contribution in [-0.4, -0.2) is 16.3 Å². The number of Topliss-reactive ketones (excluding diaryl/α,β-unsaturated/α-hetero) is 1. The van der Waals surface area contributed by atoms with Crippen molar-refractivity contribution in [1.82, 2.24) is 9.88 Å². The van der Waals surface area contributed by atoms with Gasteiger partial charge in [0.05, 0.1) is 12.1 Å². The molecule has 1 amide bonds. The number of ketones is 1. The maximum absolute atomic E-state index is 12.5. The molecule has 0 aliphatic heterocycles. The number of fused-ring (bicyclic) bond motifs is 1. The molecule has 0 fully saturated rings. The van der Waals surface area contributed by atoms with Gasteiger partial charge >= 0.3 is 0 Å². The Morgan fingerprint density at radius 3 is 2.40 bits per heavy atom. The average molecular weight is 334 g/mol. The van der Waals surface area contributed by atoms with Crippen molar-refractivity contribution < 1.29 is 9.59 Å². The van der Waals surface area contributed by atoms with Crippen molar-refractivity contribution in [1.29, 1.82) is 0 Å². The monoisotopic (exact) mass is 334 g/mol. The minimum absolute atomic E-state index is 0.0598. The lowest BCUT2D eigenvalue weighted by atomic mass is 10.0. The molecule has 0 radical (unpaired) electrons. The Labute approximate surface area is 147 Å². The van der Waals surface area contributed by atoms with Crippen molar-refractivity contribution in [2.75, 3.05) is 0 Å². The lowest BCUT2D eigenvalue weighted by molar-refractivity contribution is -0.120. The molecule has 128 valence electrons. The van der Waals surface area contributed by atoms with Crippen molar-refractivity contribution >= 4 is 22.6 Å². The smallest absolute Gasteiger partial charge is 0.224 e. The zero-order valence-electron chi connectivity index (χ0n) is 14.6. The molecule has 0 spiro atoms. The Morgan fingerprint density at radius 1 is 1.00 bits per heavy atom. The van der Waals surface area contributed by atoms with E-state index in [0.29, 0.717) is 18.7 Å². The maximum atomic E-state index is 12.5. The Hall–Kier alpha value is -2.88. The summed E-state index contributed by atoms with van der Waals surface area (Å²) >= 11 is 0. The van der Waals surface area contributed by atoms with Crippen LogP contribution < -0.4 is 5.32 Å². The fraction of sp³-hybridized carbons (Fsp3) is 0.238. The van der Waals surface area contributed by atoms with Gasteiger partial charge in [-0.05, 0) is 17.2 Å². The number of nitrogens with zero attached hydrogens (tertiary/aromatic N) is 1. The van der Waals surface area contributed by atoms with Crippen LogP contribution in [0.2, 0.25) is 0 Å². The summed E-state index contributed by atoms with van der Waals surface area (Å²) in [5.41, 5.74) is 3.48. The number of carbonyl (C=O) groups is 2. The Kier molecular flexibility index (Phi) is 4.98. The fourth-order valence-corrected chi connectivity index (χ4v) is 3.19. The van der Waals surface area contributed by atoms with Crippen molar-refractivity contribution in [2.45, 2.75) is 26.3 Å². The summed E-state index contributed by atoms with van der Waals surface area (Å²) in [6.07, 6.45) is 0.623. The Bertz CT molecular complexity index is 910. The molecular weight excluding hydrogens is 312 g/mol. The summed E-state index contributed by atoms with van der Waals surface area (Å²) in [6.45, 7) is 2.33. The number of aryl methyl sites for hydroxylation is 1. The van der Waals surface area contributed by atoms with Gasteiger partial charge < -0.3 is 9.88 Å². The van der Waals surface area contributed by atoms with E-state index >= 15 is 0 Å². The number of benzene rings is 2. The molecule has 0 saturated heterocycles. The molecule has 4 nitrogen and oxygen atoms in total. The first kappa shape index (κ1) is 17.0. The van der Waals surface area contributed by atoms with Crippen LogP contribution in [0, 0.1) is 0 Å². The van der Waals surface area contributed by atoms with Crippen LogP contribution in [0.15, 0.2) is 54.6 Å². The van der Waals surface area contributed by atoms with Gasteiger partial charge in [0.25, 0.3) is 0 Å². The molecule has 1 N–H and O–H groups in total. The van der Waals surface area contributed by atoms with Crippen molar-refractivity contribution in [3.63, 3.8) is 0 Å².